The lowest BCUT2D eigenvalue weighted by atomic mass is 9.89. The van der Waals surface area contributed by atoms with E-state index in [9.17, 15) is 4.79 Å². The fraction of sp³-hybridized carbons (Fsp3) is 0.864. The predicted molar refractivity (Wildman–Crippen MR) is 111 cm³/mol. The molecule has 7 nitrogen and oxygen atoms in total. The summed E-state index contributed by atoms with van der Waals surface area (Å²) in [6.07, 6.45) is 8.74. The molecule has 0 bridgehead atoms. The van der Waals surface area contributed by atoms with Crippen molar-refractivity contribution in [3.05, 3.63) is 11.6 Å². The molecule has 1 aromatic heterocycles. The quantitative estimate of drug-likeness (QED) is 0.790. The maximum Gasteiger partial charge on any atom is 0.226 e. The highest BCUT2D eigenvalue weighted by molar-refractivity contribution is 5.79. The first kappa shape index (κ1) is 20.8. The highest BCUT2D eigenvalue weighted by Crippen LogP contribution is 2.27. The molecule has 29 heavy (non-hydrogen) atoms. The first-order valence-corrected chi connectivity index (χ1v) is 11.6. The number of aromatic nitrogens is 3. The van der Waals surface area contributed by atoms with Gasteiger partial charge in [-0.3, -0.25) is 4.79 Å². The molecule has 2 atom stereocenters. The molecule has 0 unspecified atom stereocenters. The number of ether oxygens (including phenoxy) is 1. The largest absolute Gasteiger partial charge is 0.381 e. The number of carbonyl (C=O) groups excluding carboxylic acids is 1. The smallest absolute Gasteiger partial charge is 0.226 e. The number of carbonyl (C=O) groups is 1. The van der Waals surface area contributed by atoms with Crippen molar-refractivity contribution in [2.45, 2.75) is 71.4 Å². The van der Waals surface area contributed by atoms with Crippen molar-refractivity contribution in [1.82, 2.24) is 25.0 Å². The average molecular weight is 404 g/mol. The van der Waals surface area contributed by atoms with E-state index in [4.69, 9.17) is 4.74 Å². The van der Waals surface area contributed by atoms with Crippen LogP contribution in [0.25, 0.3) is 0 Å². The van der Waals surface area contributed by atoms with E-state index in [-0.39, 0.29) is 23.8 Å². The van der Waals surface area contributed by atoms with Crippen LogP contribution in [0.3, 0.4) is 0 Å². The van der Waals surface area contributed by atoms with Gasteiger partial charge in [0.2, 0.25) is 5.91 Å². The number of fused-ring (bicyclic) bond motifs is 1. The fourth-order valence-corrected chi connectivity index (χ4v) is 5.08. The van der Waals surface area contributed by atoms with E-state index in [0.29, 0.717) is 13.2 Å². The number of amides is 1. The van der Waals surface area contributed by atoms with Gasteiger partial charge in [0.15, 0.2) is 5.82 Å². The third kappa shape index (κ3) is 5.00. The van der Waals surface area contributed by atoms with E-state index in [0.717, 1.165) is 50.0 Å². The van der Waals surface area contributed by atoms with Gasteiger partial charge in [0.05, 0.1) is 18.6 Å². The second-order valence-corrected chi connectivity index (χ2v) is 9.47. The summed E-state index contributed by atoms with van der Waals surface area (Å²) in [6.45, 7) is 9.74. The standard InChI is InChI=1S/C22H37N5O2/c1-16(2)20(23-22(28)18-9-13-29-15-18)21-25-24-19-8-10-26(11-12-27(19)21)14-17-6-4-3-5-7-17/h16-18,20H,3-15H2,1-2H3,(H,23,28)/t18-,20+/m1/s1. The van der Waals surface area contributed by atoms with E-state index < -0.39 is 0 Å². The van der Waals surface area contributed by atoms with Gasteiger partial charge in [-0.05, 0) is 31.1 Å². The minimum Gasteiger partial charge on any atom is -0.381 e. The Hall–Kier alpha value is -1.47. The zero-order chi connectivity index (χ0) is 20.2. The third-order valence-corrected chi connectivity index (χ3v) is 6.93. The summed E-state index contributed by atoms with van der Waals surface area (Å²) in [5.74, 6) is 3.16. The molecule has 1 saturated carbocycles. The Morgan fingerprint density at radius 3 is 2.69 bits per heavy atom. The van der Waals surface area contributed by atoms with Crippen LogP contribution in [0.4, 0.5) is 0 Å². The highest BCUT2D eigenvalue weighted by Gasteiger charge is 2.31. The molecular weight excluding hydrogens is 366 g/mol. The Morgan fingerprint density at radius 1 is 1.14 bits per heavy atom. The van der Waals surface area contributed by atoms with Crippen molar-refractivity contribution in [2.75, 3.05) is 32.8 Å². The van der Waals surface area contributed by atoms with Crippen LogP contribution in [0, 0.1) is 17.8 Å². The lowest BCUT2D eigenvalue weighted by Crippen LogP contribution is -2.38. The molecular formula is C22H37N5O2. The molecule has 7 heteroatoms. The normalized spacial score (nSPS) is 25.0. The van der Waals surface area contributed by atoms with E-state index in [1.54, 1.807) is 0 Å². The summed E-state index contributed by atoms with van der Waals surface area (Å²) in [5.41, 5.74) is 0. The Labute approximate surface area is 174 Å². The summed E-state index contributed by atoms with van der Waals surface area (Å²) >= 11 is 0. The van der Waals surface area contributed by atoms with Gasteiger partial charge in [0.25, 0.3) is 0 Å². The summed E-state index contributed by atoms with van der Waals surface area (Å²) in [7, 11) is 0. The summed E-state index contributed by atoms with van der Waals surface area (Å²) in [4.78, 5) is 15.3. The molecule has 162 valence electrons. The monoisotopic (exact) mass is 403 g/mol. The van der Waals surface area contributed by atoms with Gasteiger partial charge in [0, 0.05) is 39.2 Å². The van der Waals surface area contributed by atoms with Crippen molar-refractivity contribution in [3.63, 3.8) is 0 Å². The van der Waals surface area contributed by atoms with Crippen molar-refractivity contribution >= 4 is 5.91 Å². The van der Waals surface area contributed by atoms with Gasteiger partial charge in [0.1, 0.15) is 5.82 Å². The Morgan fingerprint density at radius 2 is 1.97 bits per heavy atom. The number of nitrogens with zero attached hydrogens (tertiary/aromatic N) is 4. The van der Waals surface area contributed by atoms with Gasteiger partial charge in [-0.1, -0.05) is 33.1 Å². The van der Waals surface area contributed by atoms with Crippen molar-refractivity contribution in [2.24, 2.45) is 17.8 Å². The van der Waals surface area contributed by atoms with E-state index >= 15 is 0 Å². The first-order valence-electron chi connectivity index (χ1n) is 11.6. The van der Waals surface area contributed by atoms with Crippen molar-refractivity contribution in [1.29, 1.82) is 0 Å². The maximum absolute atomic E-state index is 12.7. The third-order valence-electron chi connectivity index (χ3n) is 6.93. The number of hydrogen-bond donors (Lipinski definition) is 1. The van der Waals surface area contributed by atoms with Crippen LogP contribution >= 0.6 is 0 Å². The number of rotatable bonds is 6. The second-order valence-electron chi connectivity index (χ2n) is 9.47. The molecule has 1 amide bonds. The van der Waals surface area contributed by atoms with Gasteiger partial charge in [-0.25, -0.2) is 0 Å². The summed E-state index contributed by atoms with van der Waals surface area (Å²) in [5, 5.41) is 12.3. The molecule has 1 saturated heterocycles. The SMILES string of the molecule is CC(C)[C@H](NC(=O)[C@@H]1CCOC1)c1nnc2n1CCN(CC1CCCCC1)CC2. The van der Waals surface area contributed by atoms with Gasteiger partial charge in [-0.15, -0.1) is 10.2 Å². The minimum atomic E-state index is -0.103. The van der Waals surface area contributed by atoms with E-state index in [1.165, 1.54) is 38.6 Å². The molecule has 1 N–H and O–H groups in total. The van der Waals surface area contributed by atoms with Crippen LogP contribution in [0.15, 0.2) is 0 Å². The van der Waals surface area contributed by atoms with Crippen LogP contribution in [-0.4, -0.2) is 58.4 Å². The van der Waals surface area contributed by atoms with Gasteiger partial charge >= 0.3 is 0 Å². The van der Waals surface area contributed by atoms with Crippen LogP contribution in [0.1, 0.15) is 70.1 Å². The average Bonchev–Trinajstić information content (AvgIpc) is 3.35. The molecule has 4 rings (SSSR count). The topological polar surface area (TPSA) is 72.3 Å². The molecule has 2 aliphatic heterocycles. The highest BCUT2D eigenvalue weighted by atomic mass is 16.5. The zero-order valence-electron chi connectivity index (χ0n) is 18.1. The van der Waals surface area contributed by atoms with Gasteiger partial charge in [-0.2, -0.15) is 0 Å². The summed E-state index contributed by atoms with van der Waals surface area (Å²) < 4.78 is 7.67. The first-order chi connectivity index (χ1) is 14.1. The lowest BCUT2D eigenvalue weighted by Gasteiger charge is -2.28. The van der Waals surface area contributed by atoms with Crippen LogP contribution < -0.4 is 5.32 Å². The van der Waals surface area contributed by atoms with Crippen LogP contribution in [0.5, 0.6) is 0 Å². The summed E-state index contributed by atoms with van der Waals surface area (Å²) in [6, 6.07) is -0.103. The molecule has 2 fully saturated rings. The number of hydrogen-bond acceptors (Lipinski definition) is 5. The maximum atomic E-state index is 12.7. The van der Waals surface area contributed by atoms with Crippen LogP contribution in [0.2, 0.25) is 0 Å². The van der Waals surface area contributed by atoms with E-state index in [2.05, 4.69) is 38.8 Å². The predicted octanol–water partition coefficient (Wildman–Crippen LogP) is 2.57. The fourth-order valence-electron chi connectivity index (χ4n) is 5.08. The minimum absolute atomic E-state index is 0.0336. The van der Waals surface area contributed by atoms with Crippen molar-refractivity contribution < 1.29 is 9.53 Å². The molecule has 3 heterocycles. The van der Waals surface area contributed by atoms with Crippen LogP contribution in [-0.2, 0) is 22.5 Å². The van der Waals surface area contributed by atoms with Crippen molar-refractivity contribution in [3.8, 4) is 0 Å². The molecule has 0 spiro atoms. The molecule has 0 radical (unpaired) electrons. The van der Waals surface area contributed by atoms with Gasteiger partial charge < -0.3 is 19.5 Å². The molecule has 0 aromatic carbocycles. The Balaban J connectivity index is 1.42. The Bertz CT molecular complexity index is 677. The Kier molecular flexibility index (Phi) is 6.85. The lowest BCUT2D eigenvalue weighted by molar-refractivity contribution is -0.126. The van der Waals surface area contributed by atoms with E-state index in [1.807, 2.05) is 0 Å². The molecule has 3 aliphatic rings. The molecule has 1 aromatic rings. The second kappa shape index (κ2) is 9.56. The zero-order valence-corrected chi connectivity index (χ0v) is 18.1. The number of nitrogens with one attached hydrogen (secondary N) is 1. The molecule has 1 aliphatic carbocycles.